The first-order chi connectivity index (χ1) is 16.5. The Morgan fingerprint density at radius 2 is 1.00 bits per heavy atom. The summed E-state index contributed by atoms with van der Waals surface area (Å²) in [5.41, 5.74) is 4.94. The number of ether oxygens (including phenoxy) is 2. The Hall–Kier alpha value is -1.42. The molecule has 0 atom stereocenters. The van der Waals surface area contributed by atoms with Crippen molar-refractivity contribution in [3.05, 3.63) is 77.8 Å². The average molecular weight is 563 g/mol. The van der Waals surface area contributed by atoms with Crippen LogP contribution in [-0.4, -0.2) is 26.7 Å². The largest absolute Gasteiger partial charge is 0.497 e. The van der Waals surface area contributed by atoms with E-state index in [4.69, 9.17) is 9.47 Å². The van der Waals surface area contributed by atoms with Crippen LogP contribution in [0.25, 0.3) is 11.1 Å². The van der Waals surface area contributed by atoms with E-state index in [9.17, 15) is 0 Å². The van der Waals surface area contributed by atoms with Crippen molar-refractivity contribution in [2.75, 3.05) is 26.7 Å². The van der Waals surface area contributed by atoms with Crippen molar-refractivity contribution in [1.29, 1.82) is 0 Å². The van der Waals surface area contributed by atoms with Crippen LogP contribution in [0.15, 0.2) is 56.9 Å². The fraction of sp³-hybridized carbons (Fsp3) is 0.231. The molecule has 176 valence electrons. The van der Waals surface area contributed by atoms with Crippen molar-refractivity contribution in [2.45, 2.75) is 22.3 Å². The monoisotopic (exact) mass is 562 g/mol. The summed E-state index contributed by atoms with van der Waals surface area (Å²) in [4.78, 5) is 2.73. The quantitative estimate of drug-likeness (QED) is 0.121. The second-order valence-electron chi connectivity index (χ2n) is 7.29. The summed E-state index contributed by atoms with van der Waals surface area (Å²) in [6, 6.07) is 16.9. The Morgan fingerprint density at radius 1 is 0.647 bits per heavy atom. The predicted octanol–water partition coefficient (Wildman–Crippen LogP) is 9.58. The predicted molar refractivity (Wildman–Crippen MR) is 157 cm³/mol. The van der Waals surface area contributed by atoms with Gasteiger partial charge in [-0.2, -0.15) is 0 Å². The molecule has 0 saturated heterocycles. The molecule has 34 heavy (non-hydrogen) atoms. The number of rotatable bonds is 8. The van der Waals surface area contributed by atoms with Crippen LogP contribution >= 0.6 is 68.9 Å². The van der Waals surface area contributed by atoms with Crippen molar-refractivity contribution < 1.29 is 9.47 Å². The fourth-order valence-electron chi connectivity index (χ4n) is 3.53. The van der Waals surface area contributed by atoms with Crippen LogP contribution in [0.4, 0.5) is 0 Å². The number of aryl methyl sites for hydroxylation is 2. The van der Waals surface area contributed by atoms with Gasteiger partial charge in [0.15, 0.2) is 18.2 Å². The first-order valence-electron chi connectivity index (χ1n) is 10.5. The van der Waals surface area contributed by atoms with Gasteiger partial charge in [0, 0.05) is 0 Å². The molecule has 2 aromatic heterocycles. The molecule has 2 nitrogen and oxygen atoms in total. The summed E-state index contributed by atoms with van der Waals surface area (Å²) in [7, 11) is 3.42. The fourth-order valence-corrected chi connectivity index (χ4v) is 11.1. The highest BCUT2D eigenvalue weighted by Gasteiger charge is 2.33. The molecule has 2 heterocycles. The van der Waals surface area contributed by atoms with Gasteiger partial charge in [0.05, 0.1) is 48.0 Å². The van der Waals surface area contributed by atoms with Gasteiger partial charge < -0.3 is 9.47 Å². The lowest BCUT2D eigenvalue weighted by Crippen LogP contribution is -1.94. The third kappa shape index (κ3) is 5.37. The highest BCUT2D eigenvalue weighted by Crippen LogP contribution is 2.49. The molecule has 4 rings (SSSR count). The number of hydrogen-bond acceptors (Lipinski definition) is 6. The Balaban J connectivity index is 2.07. The van der Waals surface area contributed by atoms with E-state index in [0.29, 0.717) is 0 Å². The van der Waals surface area contributed by atoms with Gasteiger partial charge in [0.25, 0.3) is 8.38 Å². The minimum absolute atomic E-state index is 0.865. The topological polar surface area (TPSA) is 18.5 Å². The van der Waals surface area contributed by atoms with Gasteiger partial charge in [-0.25, -0.2) is 0 Å². The number of methoxy groups -OCH3 is 2. The van der Waals surface area contributed by atoms with Crippen LogP contribution in [0.1, 0.15) is 29.3 Å². The molecule has 0 aliphatic rings. The molecule has 0 bridgehead atoms. The molecule has 0 radical (unpaired) electrons. The number of thioether (sulfide) groups is 2. The highest BCUT2D eigenvalue weighted by atomic mass is 32.2. The van der Waals surface area contributed by atoms with E-state index in [1.807, 2.05) is 68.9 Å². The molecule has 0 spiro atoms. The normalized spacial score (nSPS) is 11.9. The lowest BCUT2D eigenvalue weighted by atomic mass is 9.96. The Kier molecular flexibility index (Phi) is 8.71. The third-order valence-corrected chi connectivity index (χ3v) is 13.2. The van der Waals surface area contributed by atoms with Gasteiger partial charge >= 0.3 is 0 Å². The van der Waals surface area contributed by atoms with Crippen LogP contribution in [0.5, 0.6) is 11.5 Å². The third-order valence-electron chi connectivity index (χ3n) is 5.22. The SMILES string of the molecule is COc1ccc(/C(=C(/c2ccc(OC)cc2)c2sc(C)c(SC)[s+]2)c2sc(C)c(SC)[s+]2)cc1. The molecular formula is C26H26O2S6+2. The second kappa shape index (κ2) is 11.5. The summed E-state index contributed by atoms with van der Waals surface area (Å²) in [5, 5.41) is 0. The molecule has 0 amide bonds. The standard InChI is InChI=1S/C26H26O2S6/c1-15-23(29-5)33-25(31-15)21(17-7-11-19(27-3)12-8-17)22(18-9-13-20(28-4)14-10-18)26-32-16(2)24(30-6)34-26/h7-14H,1-6H3/q+2. The highest BCUT2D eigenvalue weighted by molar-refractivity contribution is 8.01. The molecule has 8 heteroatoms. The minimum Gasteiger partial charge on any atom is -0.497 e. The lowest BCUT2D eigenvalue weighted by Gasteiger charge is -2.09. The molecule has 0 aliphatic heterocycles. The van der Waals surface area contributed by atoms with Crippen LogP contribution in [0.3, 0.4) is 0 Å². The maximum Gasteiger partial charge on any atom is 0.287 e. The molecule has 0 aliphatic carbocycles. The summed E-state index contributed by atoms with van der Waals surface area (Å²) in [5.74, 6) is 1.73. The first-order valence-corrected chi connectivity index (χ1v) is 16.2. The van der Waals surface area contributed by atoms with E-state index < -0.39 is 0 Å². The molecule has 0 fully saturated rings. The van der Waals surface area contributed by atoms with Crippen molar-refractivity contribution >= 4 is 80.0 Å². The smallest absolute Gasteiger partial charge is 0.287 e. The Bertz CT molecular complexity index is 1200. The van der Waals surface area contributed by atoms with E-state index in [-0.39, 0.29) is 0 Å². The summed E-state index contributed by atoms with van der Waals surface area (Å²) < 4.78 is 16.3. The number of benzene rings is 2. The van der Waals surface area contributed by atoms with Crippen LogP contribution < -0.4 is 9.47 Å². The zero-order valence-electron chi connectivity index (χ0n) is 19.9. The van der Waals surface area contributed by atoms with Gasteiger partial charge in [-0.15, -0.1) is 0 Å². The lowest BCUT2D eigenvalue weighted by molar-refractivity contribution is 0.414. The van der Waals surface area contributed by atoms with E-state index in [0.717, 1.165) is 11.5 Å². The Labute approximate surface area is 226 Å². The summed E-state index contributed by atoms with van der Waals surface area (Å²) >= 11 is 11.2. The van der Waals surface area contributed by atoms with Crippen molar-refractivity contribution in [1.82, 2.24) is 0 Å². The average Bonchev–Trinajstić information content (AvgIpc) is 3.43. The maximum absolute atomic E-state index is 5.46. The molecule has 4 aromatic rings. The van der Waals surface area contributed by atoms with E-state index in [1.165, 1.54) is 48.8 Å². The van der Waals surface area contributed by atoms with Gasteiger partial charge in [-0.1, -0.05) is 47.8 Å². The first kappa shape index (κ1) is 25.7. The zero-order chi connectivity index (χ0) is 24.2. The van der Waals surface area contributed by atoms with E-state index >= 15 is 0 Å². The summed E-state index contributed by atoms with van der Waals surface area (Å²) in [6.45, 7) is 4.44. The van der Waals surface area contributed by atoms with Crippen molar-refractivity contribution in [3.63, 3.8) is 0 Å². The zero-order valence-corrected chi connectivity index (χ0v) is 24.8. The van der Waals surface area contributed by atoms with Gasteiger partial charge in [-0.3, -0.25) is 0 Å². The van der Waals surface area contributed by atoms with Gasteiger partial charge in [0.1, 0.15) is 34.2 Å². The van der Waals surface area contributed by atoms with Crippen LogP contribution in [0.2, 0.25) is 0 Å². The molecule has 0 saturated carbocycles. The van der Waals surface area contributed by atoms with Crippen LogP contribution in [0, 0.1) is 13.8 Å². The maximum atomic E-state index is 5.46. The number of hydrogen-bond donors (Lipinski definition) is 0. The molecule has 0 unspecified atom stereocenters. The minimum atomic E-state index is 0.865. The Morgan fingerprint density at radius 3 is 1.26 bits per heavy atom. The molecular weight excluding hydrogens is 537 g/mol. The van der Waals surface area contributed by atoms with Crippen molar-refractivity contribution in [2.24, 2.45) is 0 Å². The van der Waals surface area contributed by atoms with E-state index in [2.05, 4.69) is 74.9 Å². The molecule has 0 N–H and O–H groups in total. The molecule has 2 aromatic carbocycles. The summed E-state index contributed by atoms with van der Waals surface area (Å²) in [6.07, 6.45) is 4.32. The van der Waals surface area contributed by atoms with Gasteiger partial charge in [-0.05, 0) is 61.8 Å². The van der Waals surface area contributed by atoms with Gasteiger partial charge in [0.2, 0.25) is 0 Å². The second-order valence-corrected chi connectivity index (χ2v) is 14.4. The van der Waals surface area contributed by atoms with Crippen LogP contribution in [-0.2, 0) is 0 Å². The van der Waals surface area contributed by atoms with E-state index in [1.54, 1.807) is 14.2 Å². The van der Waals surface area contributed by atoms with Crippen molar-refractivity contribution in [3.8, 4) is 11.5 Å².